The summed E-state index contributed by atoms with van der Waals surface area (Å²) in [5, 5.41) is 21.0. The van der Waals surface area contributed by atoms with E-state index in [1.165, 1.54) is 0 Å². The number of phenols is 2. The number of ether oxygens (including phenoxy) is 3. The lowest BCUT2D eigenvalue weighted by atomic mass is 10.2. The number of fused-ring (bicyclic) bond motifs is 5. The van der Waals surface area contributed by atoms with Crippen molar-refractivity contribution in [2.45, 2.75) is 0 Å². The lowest BCUT2D eigenvalue weighted by Gasteiger charge is -2.11. The third kappa shape index (κ3) is 5.02. The Kier molecular flexibility index (Phi) is 6.44. The van der Waals surface area contributed by atoms with Crippen molar-refractivity contribution in [1.29, 1.82) is 0 Å². The molecule has 3 aromatic carbocycles. The van der Waals surface area contributed by atoms with E-state index in [0.29, 0.717) is 47.2 Å². The van der Waals surface area contributed by atoms with Gasteiger partial charge in [-0.3, -0.25) is 9.98 Å². The van der Waals surface area contributed by atoms with Gasteiger partial charge in [0.15, 0.2) is 23.0 Å². The predicted octanol–water partition coefficient (Wildman–Crippen LogP) is 4.39. The van der Waals surface area contributed by atoms with Gasteiger partial charge in [-0.05, 0) is 36.4 Å². The minimum atomic E-state index is 0.00873. The number of para-hydroxylation sites is 4. The Morgan fingerprint density at radius 2 is 1.06 bits per heavy atom. The van der Waals surface area contributed by atoms with E-state index < -0.39 is 0 Å². The fourth-order valence-electron chi connectivity index (χ4n) is 3.00. The van der Waals surface area contributed by atoms with Gasteiger partial charge in [0.1, 0.15) is 13.2 Å². The maximum Gasteiger partial charge on any atom is 0.166 e. The zero-order chi connectivity index (χ0) is 21.5. The zero-order valence-corrected chi connectivity index (χ0v) is 16.8. The van der Waals surface area contributed by atoms with Crippen LogP contribution < -0.4 is 9.47 Å². The molecule has 4 bridgehead atoms. The number of nitrogens with zero attached hydrogens (tertiary/aromatic N) is 2. The van der Waals surface area contributed by atoms with Crippen molar-refractivity contribution in [3.05, 3.63) is 71.8 Å². The second kappa shape index (κ2) is 9.77. The summed E-state index contributed by atoms with van der Waals surface area (Å²) < 4.78 is 16.8. The Morgan fingerprint density at radius 1 is 0.581 bits per heavy atom. The molecule has 0 unspecified atom stereocenters. The Labute approximate surface area is 179 Å². The second-order valence-electron chi connectivity index (χ2n) is 6.70. The van der Waals surface area contributed by atoms with Crippen LogP contribution in [0.4, 0.5) is 11.4 Å². The molecule has 31 heavy (non-hydrogen) atoms. The monoisotopic (exact) mass is 418 g/mol. The van der Waals surface area contributed by atoms with Crippen molar-refractivity contribution < 1.29 is 24.4 Å². The summed E-state index contributed by atoms with van der Waals surface area (Å²) in [6, 6.07) is 17.8. The highest BCUT2D eigenvalue weighted by atomic mass is 16.5. The maximum absolute atomic E-state index is 10.5. The zero-order valence-electron chi connectivity index (χ0n) is 16.8. The topological polar surface area (TPSA) is 92.9 Å². The number of aromatic hydroxyl groups is 2. The molecule has 2 N–H and O–H groups in total. The van der Waals surface area contributed by atoms with E-state index in [0.717, 1.165) is 0 Å². The van der Waals surface area contributed by atoms with E-state index in [9.17, 15) is 10.2 Å². The van der Waals surface area contributed by atoms with Gasteiger partial charge >= 0.3 is 0 Å². The molecule has 0 saturated carbocycles. The molecule has 1 aliphatic heterocycles. The second-order valence-corrected chi connectivity index (χ2v) is 6.70. The number of hydrogen-bond donors (Lipinski definition) is 2. The Bertz CT molecular complexity index is 1020. The smallest absolute Gasteiger partial charge is 0.166 e. The van der Waals surface area contributed by atoms with Gasteiger partial charge in [-0.2, -0.15) is 0 Å². The third-order valence-electron chi connectivity index (χ3n) is 4.60. The molecular formula is C24H22N2O5. The van der Waals surface area contributed by atoms with E-state index in [1.54, 1.807) is 48.8 Å². The van der Waals surface area contributed by atoms with Crippen LogP contribution in [0.2, 0.25) is 0 Å². The Balaban J connectivity index is 1.71. The fraction of sp³-hybridized carbons (Fsp3) is 0.167. The van der Waals surface area contributed by atoms with Gasteiger partial charge < -0.3 is 24.4 Å². The van der Waals surface area contributed by atoms with Crippen LogP contribution in [-0.4, -0.2) is 49.1 Å². The molecule has 0 amide bonds. The average Bonchev–Trinajstić information content (AvgIpc) is 2.79. The Hall–Kier alpha value is -3.84. The third-order valence-corrected chi connectivity index (χ3v) is 4.60. The quantitative estimate of drug-likeness (QED) is 0.565. The van der Waals surface area contributed by atoms with Crippen LogP contribution in [0.1, 0.15) is 11.1 Å². The first-order chi connectivity index (χ1) is 15.2. The number of phenolic OH excluding ortho intramolecular Hbond substituents is 2. The van der Waals surface area contributed by atoms with Gasteiger partial charge in [-0.15, -0.1) is 0 Å². The van der Waals surface area contributed by atoms with Crippen molar-refractivity contribution in [3.8, 4) is 23.0 Å². The predicted molar refractivity (Wildman–Crippen MR) is 119 cm³/mol. The number of hydrogen-bond acceptors (Lipinski definition) is 7. The molecule has 0 aromatic heterocycles. The molecular weight excluding hydrogens is 396 g/mol. The van der Waals surface area contributed by atoms with Crippen molar-refractivity contribution in [2.75, 3.05) is 26.4 Å². The molecule has 1 aliphatic rings. The highest BCUT2D eigenvalue weighted by Crippen LogP contribution is 2.32. The minimum Gasteiger partial charge on any atom is -0.504 e. The summed E-state index contributed by atoms with van der Waals surface area (Å²) in [6.45, 7) is 1.19. The summed E-state index contributed by atoms with van der Waals surface area (Å²) >= 11 is 0. The molecule has 0 spiro atoms. The summed E-state index contributed by atoms with van der Waals surface area (Å²) in [7, 11) is 0. The highest BCUT2D eigenvalue weighted by molar-refractivity contribution is 5.90. The number of aliphatic imine (C=N–C) groups is 2. The summed E-state index contributed by atoms with van der Waals surface area (Å²) in [6.07, 6.45) is 3.13. The fourth-order valence-corrected chi connectivity index (χ4v) is 3.00. The SMILES string of the molecule is Oc1c2cccc1OCCOCCOc1cccc(c1O)C=Nc1ccccc1N=C2. The van der Waals surface area contributed by atoms with Crippen LogP contribution in [0.15, 0.2) is 70.6 Å². The van der Waals surface area contributed by atoms with Crippen LogP contribution in [-0.2, 0) is 4.74 Å². The molecule has 3 aromatic rings. The number of rotatable bonds is 0. The molecule has 0 atom stereocenters. The van der Waals surface area contributed by atoms with Crippen LogP contribution in [0.3, 0.4) is 0 Å². The molecule has 7 heteroatoms. The lowest BCUT2D eigenvalue weighted by Crippen LogP contribution is -2.12. The first kappa shape index (κ1) is 20.4. The van der Waals surface area contributed by atoms with Gasteiger partial charge in [0, 0.05) is 23.6 Å². The number of benzene rings is 3. The van der Waals surface area contributed by atoms with Gasteiger partial charge in [0.2, 0.25) is 0 Å². The molecule has 0 saturated heterocycles. The highest BCUT2D eigenvalue weighted by Gasteiger charge is 2.09. The summed E-state index contributed by atoms with van der Waals surface area (Å²) in [5.41, 5.74) is 2.27. The first-order valence-electron chi connectivity index (χ1n) is 9.87. The molecule has 0 fully saturated rings. The van der Waals surface area contributed by atoms with Crippen molar-refractivity contribution >= 4 is 23.8 Å². The van der Waals surface area contributed by atoms with E-state index in [-0.39, 0.29) is 24.7 Å². The van der Waals surface area contributed by atoms with Crippen LogP contribution in [0.25, 0.3) is 0 Å². The first-order valence-corrected chi connectivity index (χ1v) is 9.87. The molecule has 7 nitrogen and oxygen atoms in total. The molecule has 158 valence electrons. The van der Waals surface area contributed by atoms with Gasteiger partial charge in [-0.1, -0.05) is 24.3 Å². The standard InChI is InChI=1S/C24H22N2O5/c27-23-17-5-3-9-21(23)30-13-11-29-12-14-31-22-10-4-6-18(24(22)28)16-26-20-8-2-1-7-19(20)25-15-17/h1-10,15-16,27-28H,11-14H2. The molecule has 1 heterocycles. The van der Waals surface area contributed by atoms with Crippen LogP contribution >= 0.6 is 0 Å². The summed E-state index contributed by atoms with van der Waals surface area (Å²) in [5.74, 6) is 0.729. The van der Waals surface area contributed by atoms with E-state index >= 15 is 0 Å². The van der Waals surface area contributed by atoms with E-state index in [2.05, 4.69) is 9.98 Å². The van der Waals surface area contributed by atoms with Crippen LogP contribution in [0, 0.1) is 0 Å². The molecule has 4 rings (SSSR count). The normalized spacial score (nSPS) is 14.3. The van der Waals surface area contributed by atoms with Gasteiger partial charge in [-0.25, -0.2) is 0 Å². The van der Waals surface area contributed by atoms with Crippen LogP contribution in [0.5, 0.6) is 23.0 Å². The van der Waals surface area contributed by atoms with E-state index in [1.807, 2.05) is 24.3 Å². The Morgan fingerprint density at radius 3 is 1.55 bits per heavy atom. The average molecular weight is 418 g/mol. The lowest BCUT2D eigenvalue weighted by molar-refractivity contribution is 0.0751. The molecule has 0 radical (unpaired) electrons. The van der Waals surface area contributed by atoms with Gasteiger partial charge in [0.25, 0.3) is 0 Å². The van der Waals surface area contributed by atoms with Crippen molar-refractivity contribution in [3.63, 3.8) is 0 Å². The molecule has 0 aliphatic carbocycles. The van der Waals surface area contributed by atoms with E-state index in [4.69, 9.17) is 14.2 Å². The van der Waals surface area contributed by atoms with Gasteiger partial charge in [0.05, 0.1) is 24.6 Å². The van der Waals surface area contributed by atoms with Crippen molar-refractivity contribution in [1.82, 2.24) is 0 Å². The largest absolute Gasteiger partial charge is 0.504 e. The summed E-state index contributed by atoms with van der Waals surface area (Å²) in [4.78, 5) is 8.97. The van der Waals surface area contributed by atoms with Crippen molar-refractivity contribution in [2.24, 2.45) is 9.98 Å². The minimum absolute atomic E-state index is 0.00873. The maximum atomic E-state index is 10.5.